The minimum absolute atomic E-state index is 0.139. The zero-order chi connectivity index (χ0) is 19.7. The molecule has 0 bridgehead atoms. The maximum atomic E-state index is 12.7. The average Bonchev–Trinajstić information content (AvgIpc) is 2.82. The molecule has 5 amide bonds. The fourth-order valence-corrected chi connectivity index (χ4v) is 3.97. The van der Waals surface area contributed by atoms with Crippen LogP contribution in [0.3, 0.4) is 0 Å². The van der Waals surface area contributed by atoms with Crippen molar-refractivity contribution < 1.29 is 19.2 Å². The van der Waals surface area contributed by atoms with Gasteiger partial charge in [0.1, 0.15) is 6.54 Å². The molecule has 0 radical (unpaired) electrons. The average molecular weight is 392 g/mol. The van der Waals surface area contributed by atoms with E-state index >= 15 is 0 Å². The van der Waals surface area contributed by atoms with Gasteiger partial charge in [-0.1, -0.05) is 37.4 Å². The summed E-state index contributed by atoms with van der Waals surface area (Å²) in [6.07, 6.45) is 3.55. The third kappa shape index (κ3) is 3.83. The summed E-state index contributed by atoms with van der Waals surface area (Å²) in [6, 6.07) is 4.11. The Morgan fingerprint density at radius 3 is 2.56 bits per heavy atom. The zero-order valence-electron chi connectivity index (χ0n) is 15.3. The minimum atomic E-state index is -0.956. The van der Waals surface area contributed by atoms with Gasteiger partial charge >= 0.3 is 17.8 Å². The van der Waals surface area contributed by atoms with Crippen molar-refractivity contribution in [3.8, 4) is 0 Å². The highest BCUT2D eigenvalue weighted by Gasteiger charge is 2.49. The van der Waals surface area contributed by atoms with Gasteiger partial charge < -0.3 is 5.32 Å². The van der Waals surface area contributed by atoms with E-state index in [-0.39, 0.29) is 12.0 Å². The first kappa shape index (κ1) is 19.4. The van der Waals surface area contributed by atoms with Crippen LogP contribution in [0.1, 0.15) is 38.2 Å². The number of rotatable bonds is 4. The van der Waals surface area contributed by atoms with Gasteiger partial charge in [-0.3, -0.25) is 19.3 Å². The Morgan fingerprint density at radius 1 is 1.19 bits per heavy atom. The molecule has 2 aliphatic rings. The van der Waals surface area contributed by atoms with Gasteiger partial charge in [0.2, 0.25) is 5.91 Å². The Kier molecular flexibility index (Phi) is 5.51. The molecule has 1 aromatic carbocycles. The van der Waals surface area contributed by atoms with Crippen LogP contribution in [-0.2, 0) is 14.4 Å². The molecule has 1 saturated heterocycles. The molecule has 1 aliphatic carbocycles. The number of imide groups is 2. The van der Waals surface area contributed by atoms with Crippen molar-refractivity contribution in [1.29, 1.82) is 0 Å². The van der Waals surface area contributed by atoms with E-state index in [2.05, 4.69) is 5.32 Å². The molecule has 0 unspecified atom stereocenters. The topological polar surface area (TPSA) is 86.8 Å². The van der Waals surface area contributed by atoms with Crippen molar-refractivity contribution in [3.63, 3.8) is 0 Å². The number of nitrogens with one attached hydrogen (secondary N) is 1. The van der Waals surface area contributed by atoms with Crippen LogP contribution < -0.4 is 5.32 Å². The predicted molar refractivity (Wildman–Crippen MR) is 100 cm³/mol. The van der Waals surface area contributed by atoms with E-state index in [1.807, 2.05) is 13.8 Å². The van der Waals surface area contributed by atoms with Crippen molar-refractivity contribution in [1.82, 2.24) is 9.80 Å². The molecule has 144 valence electrons. The van der Waals surface area contributed by atoms with Crippen LogP contribution in [-0.4, -0.2) is 46.1 Å². The van der Waals surface area contributed by atoms with Crippen LogP contribution in [0, 0.1) is 12.8 Å². The summed E-state index contributed by atoms with van der Waals surface area (Å²) < 4.78 is 0. The third-order valence-corrected chi connectivity index (χ3v) is 5.49. The molecule has 1 aliphatic heterocycles. The first-order chi connectivity index (χ1) is 12.8. The van der Waals surface area contributed by atoms with Gasteiger partial charge in [-0.05, 0) is 43.4 Å². The molecule has 3 rings (SSSR count). The molecule has 0 aromatic heterocycles. The number of carbonyl (C=O) groups is 4. The molecule has 2 atom stereocenters. The number of amides is 5. The van der Waals surface area contributed by atoms with Gasteiger partial charge in [-0.15, -0.1) is 0 Å². The summed E-state index contributed by atoms with van der Waals surface area (Å²) in [4.78, 5) is 51.4. The number of urea groups is 1. The third-order valence-electron chi connectivity index (χ3n) is 5.18. The lowest BCUT2D eigenvalue weighted by molar-refractivity contribution is -0.145. The van der Waals surface area contributed by atoms with Crippen LogP contribution in [0.4, 0.5) is 10.5 Å². The highest BCUT2D eigenvalue weighted by Crippen LogP contribution is 2.31. The number of nitrogens with zero attached hydrogens (tertiary/aromatic N) is 2. The first-order valence-corrected chi connectivity index (χ1v) is 9.42. The summed E-state index contributed by atoms with van der Waals surface area (Å²) >= 11 is 6.09. The normalized spacial score (nSPS) is 23.1. The Morgan fingerprint density at radius 2 is 1.89 bits per heavy atom. The highest BCUT2D eigenvalue weighted by atomic mass is 35.5. The number of hydrogen-bond donors (Lipinski definition) is 1. The lowest BCUT2D eigenvalue weighted by atomic mass is 9.85. The van der Waals surface area contributed by atoms with Crippen LogP contribution in [0.15, 0.2) is 18.2 Å². The molecule has 0 spiro atoms. The van der Waals surface area contributed by atoms with E-state index in [9.17, 15) is 19.2 Å². The van der Waals surface area contributed by atoms with E-state index < -0.39 is 30.3 Å². The number of hydrogen-bond acceptors (Lipinski definition) is 4. The quantitative estimate of drug-likeness (QED) is 0.631. The van der Waals surface area contributed by atoms with Crippen LogP contribution in [0.5, 0.6) is 0 Å². The number of carbonyl (C=O) groups excluding carboxylic acids is 4. The largest absolute Gasteiger partial charge is 0.334 e. The molecule has 1 N–H and O–H groups in total. The van der Waals surface area contributed by atoms with Gasteiger partial charge in [0.05, 0.1) is 10.7 Å². The fraction of sp³-hybridized carbons (Fsp3) is 0.474. The summed E-state index contributed by atoms with van der Waals surface area (Å²) in [6.45, 7) is 3.32. The second kappa shape index (κ2) is 7.68. The summed E-state index contributed by atoms with van der Waals surface area (Å²) in [5.41, 5.74) is 1.32. The second-order valence-electron chi connectivity index (χ2n) is 7.21. The van der Waals surface area contributed by atoms with E-state index in [1.165, 1.54) is 0 Å². The lowest BCUT2D eigenvalue weighted by Gasteiger charge is -2.34. The smallest absolute Gasteiger partial charge is 0.323 e. The Balaban J connectivity index is 1.71. The SMILES string of the molecule is Cc1ccc(NC(=O)CN2C(=O)C(=O)N([C@H]3CCCC[C@H]3C)C2=O)c(Cl)c1. The number of benzene rings is 1. The number of anilines is 1. The van der Waals surface area contributed by atoms with Crippen LogP contribution >= 0.6 is 11.6 Å². The van der Waals surface area contributed by atoms with E-state index in [4.69, 9.17) is 11.6 Å². The molecule has 2 fully saturated rings. The van der Waals surface area contributed by atoms with Gasteiger partial charge in [-0.25, -0.2) is 9.69 Å². The molecule has 1 saturated carbocycles. The summed E-state index contributed by atoms with van der Waals surface area (Å²) in [5, 5.41) is 2.93. The van der Waals surface area contributed by atoms with Crippen molar-refractivity contribution in [2.75, 3.05) is 11.9 Å². The summed E-state index contributed by atoms with van der Waals surface area (Å²) in [5.74, 6) is -2.25. The molecular formula is C19H22ClN3O4. The molecule has 1 aromatic rings. The number of halogens is 1. The molecule has 27 heavy (non-hydrogen) atoms. The zero-order valence-corrected chi connectivity index (χ0v) is 16.1. The second-order valence-corrected chi connectivity index (χ2v) is 7.62. The van der Waals surface area contributed by atoms with E-state index in [0.29, 0.717) is 22.0 Å². The van der Waals surface area contributed by atoms with Crippen molar-refractivity contribution in [3.05, 3.63) is 28.8 Å². The Labute approximate surface area is 162 Å². The van der Waals surface area contributed by atoms with Gasteiger partial charge in [0.25, 0.3) is 0 Å². The van der Waals surface area contributed by atoms with Crippen molar-refractivity contribution in [2.45, 2.75) is 45.6 Å². The van der Waals surface area contributed by atoms with E-state index in [0.717, 1.165) is 29.7 Å². The standard InChI is InChI=1S/C19H22ClN3O4/c1-11-7-8-14(13(20)9-11)21-16(24)10-22-17(25)18(26)23(19(22)27)15-6-4-3-5-12(15)2/h7-9,12,15H,3-6,10H2,1-2H3,(H,21,24)/t12-,15+/m1/s1. The molecule has 7 nitrogen and oxygen atoms in total. The number of aryl methyl sites for hydroxylation is 1. The molecule has 8 heteroatoms. The van der Waals surface area contributed by atoms with Gasteiger partial charge in [0.15, 0.2) is 0 Å². The maximum Gasteiger partial charge on any atom is 0.334 e. The van der Waals surface area contributed by atoms with Crippen molar-refractivity contribution >= 4 is 41.0 Å². The first-order valence-electron chi connectivity index (χ1n) is 9.04. The predicted octanol–water partition coefficient (Wildman–Crippen LogP) is 2.96. The summed E-state index contributed by atoms with van der Waals surface area (Å²) in [7, 11) is 0. The van der Waals surface area contributed by atoms with Crippen molar-refractivity contribution in [2.24, 2.45) is 5.92 Å². The molecular weight excluding hydrogens is 370 g/mol. The molecule has 1 heterocycles. The monoisotopic (exact) mass is 391 g/mol. The van der Waals surface area contributed by atoms with Crippen LogP contribution in [0.2, 0.25) is 5.02 Å². The Bertz CT molecular complexity index is 810. The fourth-order valence-electron chi connectivity index (χ4n) is 3.69. The van der Waals surface area contributed by atoms with Crippen LogP contribution in [0.25, 0.3) is 0 Å². The maximum absolute atomic E-state index is 12.7. The van der Waals surface area contributed by atoms with Gasteiger partial charge in [-0.2, -0.15) is 0 Å². The minimum Gasteiger partial charge on any atom is -0.323 e. The van der Waals surface area contributed by atoms with Gasteiger partial charge in [0, 0.05) is 6.04 Å². The Hall–Kier alpha value is -2.41. The highest BCUT2D eigenvalue weighted by molar-refractivity contribution is 6.45. The lowest BCUT2D eigenvalue weighted by Crippen LogP contribution is -2.46. The van der Waals surface area contributed by atoms with E-state index in [1.54, 1.807) is 18.2 Å².